The van der Waals surface area contributed by atoms with Crippen LogP contribution < -0.4 is 10.2 Å². The predicted molar refractivity (Wildman–Crippen MR) is 91.2 cm³/mol. The molecule has 1 saturated heterocycles. The fourth-order valence-corrected chi connectivity index (χ4v) is 2.88. The molecule has 0 unspecified atom stereocenters. The maximum Gasteiger partial charge on any atom is 0.353 e. The van der Waals surface area contributed by atoms with Gasteiger partial charge in [-0.05, 0) is 37.3 Å². The summed E-state index contributed by atoms with van der Waals surface area (Å²) < 4.78 is 0. The minimum atomic E-state index is -0.393. The zero-order valence-electron chi connectivity index (χ0n) is 13.4. The number of piperidine rings is 1. The molecule has 3 heterocycles. The average molecular weight is 328 g/mol. The van der Waals surface area contributed by atoms with Gasteiger partial charge in [-0.2, -0.15) is 0 Å². The summed E-state index contributed by atoms with van der Waals surface area (Å²) in [5.74, 6) is 0.693. The van der Waals surface area contributed by atoms with Crippen molar-refractivity contribution >= 4 is 17.3 Å². The zero-order valence-corrected chi connectivity index (χ0v) is 13.4. The second-order valence-electron chi connectivity index (χ2n) is 5.74. The molecule has 0 amide bonds. The molecular weight excluding hydrogens is 308 g/mol. The van der Waals surface area contributed by atoms with E-state index in [1.165, 1.54) is 6.33 Å². The van der Waals surface area contributed by atoms with Crippen LogP contribution in [-0.2, 0) is 6.42 Å². The van der Waals surface area contributed by atoms with E-state index in [4.69, 9.17) is 0 Å². The Balaban J connectivity index is 1.75. The SMILES string of the molecule is O=[N+]([O-])c1c(NCCc2cccnc2)ncnc1N1CCCCC1. The lowest BCUT2D eigenvalue weighted by molar-refractivity contribution is -0.383. The van der Waals surface area contributed by atoms with E-state index in [1.54, 1.807) is 12.4 Å². The fraction of sp³-hybridized carbons (Fsp3) is 0.438. The number of nitro groups is 1. The number of hydrogen-bond donors (Lipinski definition) is 1. The van der Waals surface area contributed by atoms with Gasteiger partial charge >= 0.3 is 5.69 Å². The molecule has 8 nitrogen and oxygen atoms in total. The number of pyridine rings is 1. The summed E-state index contributed by atoms with van der Waals surface area (Å²) in [4.78, 5) is 25.5. The van der Waals surface area contributed by atoms with Crippen LogP contribution in [0.3, 0.4) is 0 Å². The molecule has 0 atom stereocenters. The first-order chi connectivity index (χ1) is 11.8. The normalized spacial score (nSPS) is 14.4. The van der Waals surface area contributed by atoms with Gasteiger partial charge in [0, 0.05) is 32.0 Å². The van der Waals surface area contributed by atoms with Crippen LogP contribution >= 0.6 is 0 Å². The molecule has 0 saturated carbocycles. The van der Waals surface area contributed by atoms with E-state index in [-0.39, 0.29) is 11.5 Å². The van der Waals surface area contributed by atoms with E-state index in [9.17, 15) is 10.1 Å². The Hall–Kier alpha value is -2.77. The molecule has 1 aliphatic heterocycles. The highest BCUT2D eigenvalue weighted by atomic mass is 16.6. The van der Waals surface area contributed by atoms with Crippen molar-refractivity contribution in [3.8, 4) is 0 Å². The van der Waals surface area contributed by atoms with Crippen LogP contribution in [0.5, 0.6) is 0 Å². The van der Waals surface area contributed by atoms with Crippen molar-refractivity contribution in [1.29, 1.82) is 0 Å². The van der Waals surface area contributed by atoms with Crippen LogP contribution in [0.25, 0.3) is 0 Å². The lowest BCUT2D eigenvalue weighted by Gasteiger charge is -2.27. The van der Waals surface area contributed by atoms with Gasteiger partial charge in [0.25, 0.3) is 0 Å². The molecule has 1 fully saturated rings. The van der Waals surface area contributed by atoms with Gasteiger partial charge in [0.1, 0.15) is 6.33 Å². The Morgan fingerprint density at radius 1 is 1.25 bits per heavy atom. The molecule has 24 heavy (non-hydrogen) atoms. The highest BCUT2D eigenvalue weighted by Gasteiger charge is 2.27. The van der Waals surface area contributed by atoms with E-state index in [0.717, 1.165) is 37.9 Å². The smallest absolute Gasteiger partial charge is 0.353 e. The molecule has 0 spiro atoms. The fourth-order valence-electron chi connectivity index (χ4n) is 2.88. The number of anilines is 2. The zero-order chi connectivity index (χ0) is 16.8. The van der Waals surface area contributed by atoms with E-state index in [1.807, 2.05) is 17.0 Å². The Morgan fingerprint density at radius 3 is 2.79 bits per heavy atom. The maximum absolute atomic E-state index is 11.6. The van der Waals surface area contributed by atoms with Crippen LogP contribution in [0.4, 0.5) is 17.3 Å². The third kappa shape index (κ3) is 3.76. The van der Waals surface area contributed by atoms with Crippen LogP contribution in [-0.4, -0.2) is 39.5 Å². The first-order valence-corrected chi connectivity index (χ1v) is 8.13. The van der Waals surface area contributed by atoms with Crippen molar-refractivity contribution in [1.82, 2.24) is 15.0 Å². The van der Waals surface area contributed by atoms with Crippen LogP contribution in [0.1, 0.15) is 24.8 Å². The van der Waals surface area contributed by atoms with Gasteiger partial charge in [-0.25, -0.2) is 9.97 Å². The van der Waals surface area contributed by atoms with Crippen molar-refractivity contribution < 1.29 is 4.92 Å². The lowest BCUT2D eigenvalue weighted by Crippen LogP contribution is -2.31. The van der Waals surface area contributed by atoms with Crippen LogP contribution in [0, 0.1) is 10.1 Å². The molecule has 8 heteroatoms. The summed E-state index contributed by atoms with van der Waals surface area (Å²) in [5.41, 5.74) is 1.03. The Bertz CT molecular complexity index is 688. The molecule has 3 rings (SSSR count). The van der Waals surface area contributed by atoms with Gasteiger partial charge in [-0.3, -0.25) is 15.1 Å². The first-order valence-electron chi connectivity index (χ1n) is 8.13. The lowest BCUT2D eigenvalue weighted by atomic mass is 10.1. The highest BCUT2D eigenvalue weighted by Crippen LogP contribution is 2.33. The molecule has 0 aliphatic carbocycles. The van der Waals surface area contributed by atoms with E-state index < -0.39 is 4.92 Å². The highest BCUT2D eigenvalue weighted by molar-refractivity contribution is 5.70. The van der Waals surface area contributed by atoms with Gasteiger partial charge in [0.2, 0.25) is 11.6 Å². The van der Waals surface area contributed by atoms with Crippen LogP contribution in [0.2, 0.25) is 0 Å². The molecule has 0 bridgehead atoms. The number of aromatic nitrogens is 3. The maximum atomic E-state index is 11.6. The van der Waals surface area contributed by atoms with E-state index in [2.05, 4.69) is 20.3 Å². The molecule has 2 aromatic heterocycles. The summed E-state index contributed by atoms with van der Waals surface area (Å²) in [5, 5.41) is 14.6. The summed E-state index contributed by atoms with van der Waals surface area (Å²) in [6, 6.07) is 3.85. The van der Waals surface area contributed by atoms with Crippen molar-refractivity contribution in [3.63, 3.8) is 0 Å². The first kappa shape index (κ1) is 16.1. The van der Waals surface area contributed by atoms with Crippen molar-refractivity contribution in [2.75, 3.05) is 29.9 Å². The van der Waals surface area contributed by atoms with E-state index >= 15 is 0 Å². The van der Waals surface area contributed by atoms with Crippen LogP contribution in [0.15, 0.2) is 30.9 Å². The Morgan fingerprint density at radius 2 is 2.08 bits per heavy atom. The number of rotatable bonds is 6. The largest absolute Gasteiger partial charge is 0.364 e. The third-order valence-corrected chi connectivity index (χ3v) is 4.07. The minimum absolute atomic E-state index is 0.0365. The summed E-state index contributed by atoms with van der Waals surface area (Å²) >= 11 is 0. The quantitative estimate of drug-likeness (QED) is 0.642. The molecule has 0 aromatic carbocycles. The van der Waals surface area contributed by atoms with E-state index in [0.29, 0.717) is 18.8 Å². The molecular formula is C16H20N6O2. The third-order valence-electron chi connectivity index (χ3n) is 4.07. The number of nitrogens with one attached hydrogen (secondary N) is 1. The Kier molecular flexibility index (Phi) is 5.15. The molecule has 126 valence electrons. The summed E-state index contributed by atoms with van der Waals surface area (Å²) in [7, 11) is 0. The summed E-state index contributed by atoms with van der Waals surface area (Å²) in [6.45, 7) is 2.14. The second kappa shape index (κ2) is 7.67. The van der Waals surface area contributed by atoms with Crippen molar-refractivity contribution in [2.45, 2.75) is 25.7 Å². The van der Waals surface area contributed by atoms with Gasteiger partial charge in [0.15, 0.2) is 0 Å². The standard InChI is InChI=1S/C16H20N6O2/c23-22(24)14-15(18-8-6-13-5-4-7-17-11-13)19-12-20-16(14)21-9-2-1-3-10-21/h4-5,7,11-12H,1-3,6,8-10H2,(H,18,19,20). The second-order valence-corrected chi connectivity index (χ2v) is 5.74. The topological polar surface area (TPSA) is 97.1 Å². The van der Waals surface area contributed by atoms with Crippen molar-refractivity contribution in [2.24, 2.45) is 0 Å². The van der Waals surface area contributed by atoms with Gasteiger partial charge in [0.05, 0.1) is 4.92 Å². The van der Waals surface area contributed by atoms with Gasteiger partial charge < -0.3 is 10.2 Å². The average Bonchev–Trinajstić information content (AvgIpc) is 2.63. The molecule has 1 aliphatic rings. The number of nitrogens with zero attached hydrogens (tertiary/aromatic N) is 5. The Labute approximate surface area is 140 Å². The van der Waals surface area contributed by atoms with Crippen molar-refractivity contribution in [3.05, 3.63) is 46.5 Å². The van der Waals surface area contributed by atoms with Gasteiger partial charge in [-0.15, -0.1) is 0 Å². The van der Waals surface area contributed by atoms with Gasteiger partial charge in [-0.1, -0.05) is 6.07 Å². The monoisotopic (exact) mass is 328 g/mol. The minimum Gasteiger partial charge on any atom is -0.364 e. The molecule has 0 radical (unpaired) electrons. The summed E-state index contributed by atoms with van der Waals surface area (Å²) in [6.07, 6.45) is 8.84. The predicted octanol–water partition coefficient (Wildman–Crippen LogP) is 2.42. The number of hydrogen-bond acceptors (Lipinski definition) is 7. The molecule has 1 N–H and O–H groups in total. The molecule has 2 aromatic rings.